The Hall–Kier alpha value is -2.82. The highest BCUT2D eigenvalue weighted by Gasteiger charge is 2.39. The van der Waals surface area contributed by atoms with Gasteiger partial charge in [0.1, 0.15) is 0 Å². The largest absolute Gasteiger partial charge is 0.468 e. The van der Waals surface area contributed by atoms with E-state index in [4.69, 9.17) is 16.3 Å². The van der Waals surface area contributed by atoms with Crippen molar-refractivity contribution < 1.29 is 9.53 Å². The Balaban J connectivity index is 1.31. The van der Waals surface area contributed by atoms with Crippen molar-refractivity contribution in [3.05, 3.63) is 89.4 Å². The molecular formula is C30H35ClN2O2. The van der Waals surface area contributed by atoms with E-state index in [1.807, 2.05) is 36.4 Å². The van der Waals surface area contributed by atoms with Crippen LogP contribution in [0.3, 0.4) is 0 Å². The van der Waals surface area contributed by atoms with Crippen LogP contribution in [0.25, 0.3) is 11.1 Å². The van der Waals surface area contributed by atoms with Gasteiger partial charge in [-0.1, -0.05) is 73.1 Å². The zero-order valence-corrected chi connectivity index (χ0v) is 21.5. The normalized spacial score (nSPS) is 16.0. The van der Waals surface area contributed by atoms with E-state index in [1.54, 1.807) is 0 Å². The predicted molar refractivity (Wildman–Crippen MR) is 145 cm³/mol. The molecule has 0 aliphatic carbocycles. The fraction of sp³-hybridized carbons (Fsp3) is 0.367. The number of carbonyl (C=O) groups excluding carboxylic acids is 1. The molecule has 0 saturated carbocycles. The minimum Gasteiger partial charge on any atom is -0.468 e. The SMILES string of the molecule is CCC(CCCN1CCN(c2ccc(-c3cccc(Cl)c3)cc2)CC1)(C(=O)OC)c1ccccc1. The molecule has 3 aromatic carbocycles. The molecule has 1 aliphatic rings. The van der Waals surface area contributed by atoms with Crippen LogP contribution in [0.4, 0.5) is 5.69 Å². The Morgan fingerprint density at radius 3 is 2.26 bits per heavy atom. The van der Waals surface area contributed by atoms with Gasteiger partial charge in [0.15, 0.2) is 0 Å². The first kappa shape index (κ1) is 25.3. The number of methoxy groups -OCH3 is 1. The molecule has 0 aromatic heterocycles. The highest BCUT2D eigenvalue weighted by molar-refractivity contribution is 6.30. The number of benzene rings is 3. The number of rotatable bonds is 9. The Labute approximate surface area is 214 Å². The van der Waals surface area contributed by atoms with Gasteiger partial charge in [0.25, 0.3) is 0 Å². The minimum atomic E-state index is -0.567. The molecule has 0 radical (unpaired) electrons. The van der Waals surface area contributed by atoms with Gasteiger partial charge in [-0.2, -0.15) is 0 Å². The van der Waals surface area contributed by atoms with Gasteiger partial charge in [-0.15, -0.1) is 0 Å². The molecule has 0 amide bonds. The van der Waals surface area contributed by atoms with Gasteiger partial charge < -0.3 is 9.64 Å². The average molecular weight is 491 g/mol. The molecule has 1 unspecified atom stereocenters. The maximum atomic E-state index is 12.8. The first-order valence-corrected chi connectivity index (χ1v) is 12.9. The summed E-state index contributed by atoms with van der Waals surface area (Å²) in [6.45, 7) is 7.14. The lowest BCUT2D eigenvalue weighted by atomic mass is 9.74. The third-order valence-electron chi connectivity index (χ3n) is 7.35. The monoisotopic (exact) mass is 490 g/mol. The summed E-state index contributed by atoms with van der Waals surface area (Å²) in [5, 5.41) is 0.759. The van der Waals surface area contributed by atoms with Crippen LogP contribution in [-0.2, 0) is 14.9 Å². The van der Waals surface area contributed by atoms with Crippen molar-refractivity contribution in [3.8, 4) is 11.1 Å². The van der Waals surface area contributed by atoms with E-state index in [1.165, 1.54) is 18.4 Å². The van der Waals surface area contributed by atoms with E-state index < -0.39 is 5.41 Å². The number of nitrogens with zero attached hydrogens (tertiary/aromatic N) is 2. The second kappa shape index (κ2) is 11.7. The number of esters is 1. The van der Waals surface area contributed by atoms with Gasteiger partial charge in [0, 0.05) is 36.9 Å². The van der Waals surface area contributed by atoms with Crippen molar-refractivity contribution in [3.63, 3.8) is 0 Å². The number of anilines is 1. The van der Waals surface area contributed by atoms with E-state index >= 15 is 0 Å². The molecule has 4 nitrogen and oxygen atoms in total. The van der Waals surface area contributed by atoms with Crippen LogP contribution in [0.2, 0.25) is 5.02 Å². The zero-order chi connectivity index (χ0) is 24.7. The lowest BCUT2D eigenvalue weighted by molar-refractivity contribution is -0.148. The summed E-state index contributed by atoms with van der Waals surface area (Å²) in [5.74, 6) is -0.128. The topological polar surface area (TPSA) is 32.8 Å². The lowest BCUT2D eigenvalue weighted by Crippen LogP contribution is -2.47. The van der Waals surface area contributed by atoms with E-state index in [0.29, 0.717) is 0 Å². The van der Waals surface area contributed by atoms with Gasteiger partial charge in [0.05, 0.1) is 12.5 Å². The third-order valence-corrected chi connectivity index (χ3v) is 7.58. The molecule has 184 valence electrons. The third kappa shape index (κ3) is 5.88. The maximum Gasteiger partial charge on any atom is 0.316 e. The molecule has 35 heavy (non-hydrogen) atoms. The number of ether oxygens (including phenoxy) is 1. The molecule has 1 heterocycles. The van der Waals surface area contributed by atoms with Crippen LogP contribution >= 0.6 is 11.6 Å². The van der Waals surface area contributed by atoms with Crippen molar-refractivity contribution >= 4 is 23.3 Å². The molecule has 4 rings (SSSR count). The highest BCUT2D eigenvalue weighted by Crippen LogP contribution is 2.34. The van der Waals surface area contributed by atoms with E-state index in [9.17, 15) is 4.79 Å². The number of hydrogen-bond acceptors (Lipinski definition) is 4. The van der Waals surface area contributed by atoms with E-state index in [2.05, 4.69) is 59.2 Å². The zero-order valence-electron chi connectivity index (χ0n) is 20.8. The first-order chi connectivity index (χ1) is 17.1. The van der Waals surface area contributed by atoms with Gasteiger partial charge in [-0.05, 0) is 66.8 Å². The van der Waals surface area contributed by atoms with Crippen molar-refractivity contribution in [2.75, 3.05) is 44.7 Å². The highest BCUT2D eigenvalue weighted by atomic mass is 35.5. The van der Waals surface area contributed by atoms with Crippen LogP contribution in [0.15, 0.2) is 78.9 Å². The summed E-state index contributed by atoms with van der Waals surface area (Å²) < 4.78 is 5.24. The van der Waals surface area contributed by atoms with Crippen molar-refractivity contribution in [2.24, 2.45) is 0 Å². The quantitative estimate of drug-likeness (QED) is 0.323. The molecule has 5 heteroatoms. The predicted octanol–water partition coefficient (Wildman–Crippen LogP) is 6.43. The minimum absolute atomic E-state index is 0.128. The van der Waals surface area contributed by atoms with Crippen LogP contribution in [-0.4, -0.2) is 50.7 Å². The molecule has 1 aliphatic heterocycles. The van der Waals surface area contributed by atoms with E-state index in [-0.39, 0.29) is 5.97 Å². The summed E-state index contributed by atoms with van der Waals surface area (Å²) in [7, 11) is 1.50. The molecule has 0 spiro atoms. The summed E-state index contributed by atoms with van der Waals surface area (Å²) in [4.78, 5) is 17.8. The Morgan fingerprint density at radius 1 is 0.914 bits per heavy atom. The fourth-order valence-electron chi connectivity index (χ4n) is 5.21. The van der Waals surface area contributed by atoms with Gasteiger partial charge >= 0.3 is 5.97 Å². The Bertz CT molecular complexity index is 1090. The van der Waals surface area contributed by atoms with Crippen molar-refractivity contribution in [1.82, 2.24) is 4.90 Å². The van der Waals surface area contributed by atoms with E-state index in [0.717, 1.165) is 68.1 Å². The Kier molecular flexibility index (Phi) is 8.48. The molecule has 3 aromatic rings. The number of halogens is 1. The lowest BCUT2D eigenvalue weighted by Gasteiger charge is -2.37. The van der Waals surface area contributed by atoms with Gasteiger partial charge in [0.2, 0.25) is 0 Å². The Morgan fingerprint density at radius 2 is 1.63 bits per heavy atom. The van der Waals surface area contributed by atoms with Crippen molar-refractivity contribution in [1.29, 1.82) is 0 Å². The standard InChI is InChI=1S/C30H35ClN2O2/c1-3-30(29(34)35-2,26-10-5-4-6-11-26)17-8-18-32-19-21-33(22-20-32)28-15-13-24(14-16-28)25-9-7-12-27(31)23-25/h4-7,9-16,23H,3,8,17-22H2,1-2H3. The molecule has 1 saturated heterocycles. The molecule has 1 atom stereocenters. The van der Waals surface area contributed by atoms with Crippen LogP contribution in [0.1, 0.15) is 31.7 Å². The molecule has 1 fully saturated rings. The van der Waals surface area contributed by atoms with Gasteiger partial charge in [-0.3, -0.25) is 9.69 Å². The first-order valence-electron chi connectivity index (χ1n) is 12.5. The smallest absolute Gasteiger partial charge is 0.316 e. The van der Waals surface area contributed by atoms with Crippen molar-refractivity contribution in [2.45, 2.75) is 31.6 Å². The second-order valence-corrected chi connectivity index (χ2v) is 9.72. The average Bonchev–Trinajstić information content (AvgIpc) is 2.92. The van der Waals surface area contributed by atoms with Crippen LogP contribution in [0, 0.1) is 0 Å². The second-order valence-electron chi connectivity index (χ2n) is 9.28. The summed E-state index contributed by atoms with van der Waals surface area (Å²) in [6, 6.07) is 26.8. The summed E-state index contributed by atoms with van der Waals surface area (Å²) >= 11 is 6.15. The maximum absolute atomic E-state index is 12.8. The molecular weight excluding hydrogens is 456 g/mol. The van der Waals surface area contributed by atoms with Gasteiger partial charge in [-0.25, -0.2) is 0 Å². The fourth-order valence-corrected chi connectivity index (χ4v) is 5.40. The summed E-state index contributed by atoms with van der Waals surface area (Å²) in [5.41, 5.74) is 4.07. The van der Waals surface area contributed by atoms with Crippen LogP contribution in [0.5, 0.6) is 0 Å². The molecule has 0 bridgehead atoms. The summed E-state index contributed by atoms with van der Waals surface area (Å²) in [6.07, 6.45) is 2.50. The van der Waals surface area contributed by atoms with Crippen LogP contribution < -0.4 is 4.90 Å². The molecule has 0 N–H and O–H groups in total. The number of piperazine rings is 1. The number of carbonyl (C=O) groups is 1. The number of hydrogen-bond donors (Lipinski definition) is 0.